The predicted molar refractivity (Wildman–Crippen MR) is 119 cm³/mol. The summed E-state index contributed by atoms with van der Waals surface area (Å²) < 4.78 is 9.87. The highest BCUT2D eigenvalue weighted by molar-refractivity contribution is 14.1. The van der Waals surface area contributed by atoms with E-state index in [0.717, 1.165) is 38.6 Å². The fourth-order valence-electron chi connectivity index (χ4n) is 1.86. The number of aromatic hydroxyl groups is 1. The average molecular weight is 732 g/mol. The van der Waals surface area contributed by atoms with Crippen molar-refractivity contribution in [1.82, 2.24) is 0 Å². The SMILES string of the molecule is CCCc1cc(I)c(Oc2cc(I)c(O)c(I)c2)c(I)c1. The van der Waals surface area contributed by atoms with E-state index in [-0.39, 0.29) is 0 Å². The second-order valence-corrected chi connectivity index (χ2v) is 9.12. The lowest BCUT2D eigenvalue weighted by Crippen LogP contribution is -1.95. The zero-order valence-electron chi connectivity index (χ0n) is 11.1. The lowest BCUT2D eigenvalue weighted by atomic mass is 10.1. The lowest BCUT2D eigenvalue weighted by Gasteiger charge is -2.13. The number of hydrogen-bond donors (Lipinski definition) is 1. The first-order chi connectivity index (χ1) is 9.92. The number of ether oxygens (including phenoxy) is 1. The van der Waals surface area contributed by atoms with Gasteiger partial charge in [0.15, 0.2) is 5.75 Å². The summed E-state index contributed by atoms with van der Waals surface area (Å²) >= 11 is 8.87. The molecule has 0 aliphatic heterocycles. The molecule has 0 heterocycles. The van der Waals surface area contributed by atoms with Crippen molar-refractivity contribution < 1.29 is 9.84 Å². The van der Waals surface area contributed by atoms with Crippen molar-refractivity contribution in [2.45, 2.75) is 19.8 Å². The van der Waals surface area contributed by atoms with E-state index in [1.54, 1.807) is 0 Å². The van der Waals surface area contributed by atoms with Crippen LogP contribution in [0.4, 0.5) is 0 Å². The molecule has 0 aliphatic rings. The Hall–Kier alpha value is 0.960. The number of phenolic OH excluding ortho intramolecular Hbond substituents is 1. The second kappa shape index (κ2) is 8.18. The van der Waals surface area contributed by atoms with Gasteiger partial charge in [-0.15, -0.1) is 0 Å². The highest BCUT2D eigenvalue weighted by atomic mass is 127. The van der Waals surface area contributed by atoms with Gasteiger partial charge in [0.05, 0.1) is 14.3 Å². The van der Waals surface area contributed by atoms with Crippen LogP contribution in [0.3, 0.4) is 0 Å². The molecule has 2 nitrogen and oxygen atoms in total. The molecule has 0 bridgehead atoms. The Morgan fingerprint density at radius 1 is 0.905 bits per heavy atom. The molecule has 2 rings (SSSR count). The average Bonchev–Trinajstić information content (AvgIpc) is 2.40. The molecule has 0 aliphatic carbocycles. The maximum absolute atomic E-state index is 9.83. The van der Waals surface area contributed by atoms with E-state index in [2.05, 4.69) is 109 Å². The number of benzene rings is 2. The van der Waals surface area contributed by atoms with Crippen molar-refractivity contribution >= 4 is 90.4 Å². The molecule has 0 fully saturated rings. The highest BCUT2D eigenvalue weighted by Gasteiger charge is 2.12. The van der Waals surface area contributed by atoms with E-state index in [4.69, 9.17) is 4.74 Å². The maximum Gasteiger partial charge on any atom is 0.154 e. The quantitative estimate of drug-likeness (QED) is 0.362. The molecule has 2 aromatic carbocycles. The molecule has 0 spiro atoms. The van der Waals surface area contributed by atoms with Crippen LogP contribution in [0.1, 0.15) is 18.9 Å². The second-order valence-electron chi connectivity index (χ2n) is 4.48. The van der Waals surface area contributed by atoms with Crippen LogP contribution in [0.5, 0.6) is 17.2 Å². The van der Waals surface area contributed by atoms with Crippen LogP contribution >= 0.6 is 90.4 Å². The summed E-state index contributed by atoms with van der Waals surface area (Å²) in [4.78, 5) is 0. The predicted octanol–water partition coefficient (Wildman–Crippen LogP) is 6.56. The molecule has 2 aromatic rings. The summed E-state index contributed by atoms with van der Waals surface area (Å²) in [6, 6.07) is 8.06. The number of hydrogen-bond acceptors (Lipinski definition) is 2. The summed E-state index contributed by atoms with van der Waals surface area (Å²) in [5.41, 5.74) is 1.34. The Kier molecular flexibility index (Phi) is 7.12. The van der Waals surface area contributed by atoms with E-state index in [1.807, 2.05) is 12.1 Å². The van der Waals surface area contributed by atoms with Gasteiger partial charge in [-0.3, -0.25) is 0 Å². The molecule has 0 aromatic heterocycles. The van der Waals surface area contributed by atoms with Crippen molar-refractivity contribution in [3.63, 3.8) is 0 Å². The van der Waals surface area contributed by atoms with Gasteiger partial charge in [-0.25, -0.2) is 0 Å². The molecular formula is C15H12I4O2. The molecule has 21 heavy (non-hydrogen) atoms. The molecule has 112 valence electrons. The lowest BCUT2D eigenvalue weighted by molar-refractivity contribution is 0.455. The first kappa shape index (κ1) is 18.3. The molecule has 1 N–H and O–H groups in total. The minimum Gasteiger partial charge on any atom is -0.506 e. The summed E-state index contributed by atoms with van der Waals surface area (Å²) in [6.07, 6.45) is 2.22. The van der Waals surface area contributed by atoms with Gasteiger partial charge in [-0.1, -0.05) is 13.3 Å². The van der Waals surface area contributed by atoms with Gasteiger partial charge in [0.25, 0.3) is 0 Å². The van der Waals surface area contributed by atoms with Crippen LogP contribution in [0.2, 0.25) is 0 Å². The van der Waals surface area contributed by atoms with Crippen LogP contribution in [0.15, 0.2) is 24.3 Å². The Morgan fingerprint density at radius 3 is 1.90 bits per heavy atom. The van der Waals surface area contributed by atoms with E-state index >= 15 is 0 Å². The molecule has 0 saturated heterocycles. The van der Waals surface area contributed by atoms with Crippen LogP contribution in [-0.2, 0) is 6.42 Å². The topological polar surface area (TPSA) is 29.5 Å². The van der Waals surface area contributed by atoms with Crippen molar-refractivity contribution in [2.24, 2.45) is 0 Å². The van der Waals surface area contributed by atoms with Gasteiger partial charge < -0.3 is 9.84 Å². The third kappa shape index (κ3) is 4.72. The van der Waals surface area contributed by atoms with Crippen LogP contribution in [0, 0.1) is 14.3 Å². The van der Waals surface area contributed by atoms with Crippen LogP contribution in [-0.4, -0.2) is 5.11 Å². The Morgan fingerprint density at radius 2 is 1.43 bits per heavy atom. The molecule has 0 radical (unpaired) electrons. The minimum atomic E-state index is 0.311. The van der Waals surface area contributed by atoms with E-state index < -0.39 is 0 Å². The largest absolute Gasteiger partial charge is 0.506 e. The van der Waals surface area contributed by atoms with E-state index in [1.165, 1.54) is 5.56 Å². The molecule has 0 unspecified atom stereocenters. The summed E-state index contributed by atoms with van der Waals surface area (Å²) in [5.74, 6) is 1.94. The van der Waals surface area contributed by atoms with Crippen molar-refractivity contribution in [2.75, 3.05) is 0 Å². The fraction of sp³-hybridized carbons (Fsp3) is 0.200. The number of rotatable bonds is 4. The highest BCUT2D eigenvalue weighted by Crippen LogP contribution is 2.36. The molecule has 0 atom stereocenters. The van der Waals surface area contributed by atoms with Gasteiger partial charge in [0, 0.05) is 0 Å². The smallest absolute Gasteiger partial charge is 0.154 e. The van der Waals surface area contributed by atoms with Gasteiger partial charge in [0.1, 0.15) is 11.5 Å². The summed E-state index contributed by atoms with van der Waals surface area (Å²) in [6.45, 7) is 2.18. The minimum absolute atomic E-state index is 0.311. The third-order valence-electron chi connectivity index (χ3n) is 2.81. The van der Waals surface area contributed by atoms with Gasteiger partial charge in [-0.05, 0) is 127 Å². The zero-order chi connectivity index (χ0) is 15.6. The molecule has 6 heteroatoms. The van der Waals surface area contributed by atoms with Crippen molar-refractivity contribution in [1.29, 1.82) is 0 Å². The number of halogens is 4. The molecule has 0 amide bonds. The van der Waals surface area contributed by atoms with Crippen LogP contribution < -0.4 is 4.74 Å². The Labute approximate surface area is 179 Å². The van der Waals surface area contributed by atoms with E-state index in [9.17, 15) is 5.11 Å². The summed E-state index contributed by atoms with van der Waals surface area (Å²) in [5, 5.41) is 9.83. The van der Waals surface area contributed by atoms with Crippen molar-refractivity contribution in [3.05, 3.63) is 44.1 Å². The zero-order valence-corrected chi connectivity index (χ0v) is 19.7. The van der Waals surface area contributed by atoms with E-state index in [0.29, 0.717) is 5.75 Å². The van der Waals surface area contributed by atoms with Crippen LogP contribution in [0.25, 0.3) is 0 Å². The van der Waals surface area contributed by atoms with Gasteiger partial charge in [-0.2, -0.15) is 0 Å². The Bertz CT molecular complexity index is 625. The molecular weight excluding hydrogens is 720 g/mol. The summed E-state index contributed by atoms with van der Waals surface area (Å²) in [7, 11) is 0. The number of aryl methyl sites for hydroxylation is 1. The first-order valence-electron chi connectivity index (χ1n) is 6.26. The van der Waals surface area contributed by atoms with Gasteiger partial charge in [0.2, 0.25) is 0 Å². The van der Waals surface area contributed by atoms with Crippen molar-refractivity contribution in [3.8, 4) is 17.2 Å². The number of phenols is 1. The normalized spacial score (nSPS) is 10.7. The molecule has 0 saturated carbocycles. The maximum atomic E-state index is 9.83. The third-order valence-corrected chi connectivity index (χ3v) is 6.05. The standard InChI is InChI=1S/C15H12I4O2/c1-2-3-8-4-12(18)15(13(19)5-8)21-9-6-10(16)14(20)11(17)7-9/h4-7,20H,2-3H2,1H3. The monoisotopic (exact) mass is 732 g/mol. The first-order valence-corrected chi connectivity index (χ1v) is 10.6. The van der Waals surface area contributed by atoms with Gasteiger partial charge >= 0.3 is 0 Å². The fourth-order valence-corrected chi connectivity index (χ4v) is 5.69. The Balaban J connectivity index is 2.36.